The Bertz CT molecular complexity index is 737. The number of hydrogen-bond acceptors (Lipinski definition) is 4. The van der Waals surface area contributed by atoms with Crippen LogP contribution in [0.3, 0.4) is 0 Å². The molecule has 23 heavy (non-hydrogen) atoms. The van der Waals surface area contributed by atoms with E-state index >= 15 is 0 Å². The molecular formula is C19H20N2O2. The predicted molar refractivity (Wildman–Crippen MR) is 85.8 cm³/mol. The highest BCUT2D eigenvalue weighted by atomic mass is 16.3. The fraction of sp³-hybridized carbons (Fsp3) is 0.421. The SMILES string of the molecule is CC12CN3CC(c4ccccc4)(CN(C1)C3c1ccco1)C2=O. The zero-order valence-corrected chi connectivity index (χ0v) is 13.2. The molecule has 4 bridgehead atoms. The number of hydrogen-bond donors (Lipinski definition) is 0. The molecule has 4 saturated heterocycles. The van der Waals surface area contributed by atoms with Crippen LogP contribution < -0.4 is 0 Å². The van der Waals surface area contributed by atoms with Crippen molar-refractivity contribution in [3.05, 3.63) is 60.1 Å². The number of furan rings is 1. The topological polar surface area (TPSA) is 36.7 Å². The Morgan fingerprint density at radius 2 is 1.70 bits per heavy atom. The molecule has 1 aromatic heterocycles. The Morgan fingerprint density at radius 3 is 2.30 bits per heavy atom. The normalized spacial score (nSPS) is 41.4. The van der Waals surface area contributed by atoms with Crippen molar-refractivity contribution in [3.63, 3.8) is 0 Å². The molecule has 0 saturated carbocycles. The van der Waals surface area contributed by atoms with Gasteiger partial charge >= 0.3 is 0 Å². The van der Waals surface area contributed by atoms with Gasteiger partial charge in [0.1, 0.15) is 11.9 Å². The van der Waals surface area contributed by atoms with E-state index in [1.54, 1.807) is 6.26 Å². The third-order valence-electron chi connectivity index (χ3n) is 5.85. The summed E-state index contributed by atoms with van der Waals surface area (Å²) < 4.78 is 5.69. The van der Waals surface area contributed by atoms with Gasteiger partial charge in [-0.25, -0.2) is 0 Å². The van der Waals surface area contributed by atoms with Crippen LogP contribution in [0, 0.1) is 5.41 Å². The Balaban J connectivity index is 1.63. The largest absolute Gasteiger partial charge is 0.466 e. The van der Waals surface area contributed by atoms with Crippen molar-refractivity contribution in [1.82, 2.24) is 9.80 Å². The maximum absolute atomic E-state index is 13.3. The lowest BCUT2D eigenvalue weighted by Gasteiger charge is -2.65. The first kappa shape index (κ1) is 13.5. The number of carbonyl (C=O) groups excluding carboxylic acids is 1. The first-order valence-corrected chi connectivity index (χ1v) is 8.24. The van der Waals surface area contributed by atoms with Gasteiger partial charge < -0.3 is 4.42 Å². The summed E-state index contributed by atoms with van der Waals surface area (Å²) in [5, 5.41) is 0. The van der Waals surface area contributed by atoms with E-state index in [2.05, 4.69) is 28.9 Å². The van der Waals surface area contributed by atoms with Crippen molar-refractivity contribution in [2.45, 2.75) is 18.5 Å². The van der Waals surface area contributed by atoms with Crippen molar-refractivity contribution in [2.24, 2.45) is 5.41 Å². The zero-order valence-electron chi connectivity index (χ0n) is 13.2. The van der Waals surface area contributed by atoms with Crippen LogP contribution in [0.25, 0.3) is 0 Å². The molecule has 2 aromatic rings. The molecule has 4 aliphatic rings. The summed E-state index contributed by atoms with van der Waals surface area (Å²) in [6.45, 7) is 5.34. The van der Waals surface area contributed by atoms with Crippen molar-refractivity contribution in [2.75, 3.05) is 26.2 Å². The number of rotatable bonds is 2. The summed E-state index contributed by atoms with van der Waals surface area (Å²) in [4.78, 5) is 18.2. The fourth-order valence-corrected chi connectivity index (χ4v) is 5.11. The zero-order chi connectivity index (χ0) is 15.7. The number of Topliss-reactive ketones (excluding diaryl/α,β-unsaturated/α-hetero) is 1. The van der Waals surface area contributed by atoms with Crippen molar-refractivity contribution in [3.8, 4) is 0 Å². The van der Waals surface area contributed by atoms with E-state index in [0.29, 0.717) is 5.78 Å². The van der Waals surface area contributed by atoms with Gasteiger partial charge in [0.15, 0.2) is 5.78 Å². The molecule has 2 unspecified atom stereocenters. The Kier molecular flexibility index (Phi) is 2.55. The third-order valence-corrected chi connectivity index (χ3v) is 5.85. The van der Waals surface area contributed by atoms with Crippen molar-refractivity contribution < 1.29 is 9.21 Å². The van der Waals surface area contributed by atoms with Crippen LogP contribution in [0.2, 0.25) is 0 Å². The van der Waals surface area contributed by atoms with E-state index in [-0.39, 0.29) is 11.6 Å². The number of ketones is 1. The van der Waals surface area contributed by atoms with Crippen LogP contribution in [0.4, 0.5) is 0 Å². The molecule has 4 aliphatic heterocycles. The fourth-order valence-electron chi connectivity index (χ4n) is 5.11. The molecule has 1 aromatic carbocycles. The molecule has 0 N–H and O–H groups in total. The molecule has 2 atom stereocenters. The van der Waals surface area contributed by atoms with E-state index in [1.807, 2.05) is 30.3 Å². The van der Waals surface area contributed by atoms with E-state index in [9.17, 15) is 4.79 Å². The monoisotopic (exact) mass is 308 g/mol. The van der Waals surface area contributed by atoms with Gasteiger partial charge in [-0.05, 0) is 17.7 Å². The minimum absolute atomic E-state index is 0.169. The van der Waals surface area contributed by atoms with Crippen molar-refractivity contribution >= 4 is 5.78 Å². The minimum Gasteiger partial charge on any atom is -0.466 e. The lowest BCUT2D eigenvalue weighted by Crippen LogP contribution is -2.77. The summed E-state index contributed by atoms with van der Waals surface area (Å²) in [5.41, 5.74) is 0.480. The highest BCUT2D eigenvalue weighted by Gasteiger charge is 2.64. The average molecular weight is 308 g/mol. The molecule has 0 radical (unpaired) electrons. The average Bonchev–Trinajstić information content (AvgIpc) is 3.06. The highest BCUT2D eigenvalue weighted by Crippen LogP contribution is 2.53. The summed E-state index contributed by atoms with van der Waals surface area (Å²) >= 11 is 0. The first-order chi connectivity index (χ1) is 11.1. The molecule has 6 rings (SSSR count). The van der Waals surface area contributed by atoms with Crippen LogP contribution >= 0.6 is 0 Å². The van der Waals surface area contributed by atoms with E-state index < -0.39 is 5.41 Å². The summed E-state index contributed by atoms with van der Waals surface area (Å²) in [7, 11) is 0. The second-order valence-corrected chi connectivity index (χ2v) is 7.54. The van der Waals surface area contributed by atoms with Gasteiger partial charge in [-0.2, -0.15) is 0 Å². The van der Waals surface area contributed by atoms with Gasteiger partial charge in [-0.3, -0.25) is 14.6 Å². The molecular weight excluding hydrogens is 288 g/mol. The van der Waals surface area contributed by atoms with E-state index in [1.165, 1.54) is 0 Å². The summed E-state index contributed by atoms with van der Waals surface area (Å²) in [6, 6.07) is 14.3. The van der Waals surface area contributed by atoms with Crippen LogP contribution in [0.15, 0.2) is 53.1 Å². The van der Waals surface area contributed by atoms with E-state index in [4.69, 9.17) is 4.42 Å². The maximum atomic E-state index is 13.3. The quantitative estimate of drug-likeness (QED) is 0.854. The molecule has 5 heterocycles. The molecule has 0 amide bonds. The summed E-state index contributed by atoms with van der Waals surface area (Å²) in [6.07, 6.45) is 1.91. The number of piperidine rings is 2. The predicted octanol–water partition coefficient (Wildman–Crippen LogP) is 2.44. The van der Waals surface area contributed by atoms with Gasteiger partial charge in [-0.15, -0.1) is 0 Å². The van der Waals surface area contributed by atoms with E-state index in [0.717, 1.165) is 37.5 Å². The number of nitrogens with zero attached hydrogens (tertiary/aromatic N) is 2. The lowest BCUT2D eigenvalue weighted by molar-refractivity contribution is -0.188. The van der Waals surface area contributed by atoms with Crippen LogP contribution in [0.1, 0.15) is 24.4 Å². The van der Waals surface area contributed by atoms with Crippen LogP contribution in [0.5, 0.6) is 0 Å². The minimum atomic E-state index is -0.393. The molecule has 4 heteroatoms. The lowest BCUT2D eigenvalue weighted by atomic mass is 9.58. The Morgan fingerprint density at radius 1 is 1.00 bits per heavy atom. The standard InChI is InChI=1S/C19H20N2O2/c1-18-10-20-12-19(17(18)22,14-6-3-2-4-7-14)13-21(11-18)16(20)15-8-5-9-23-15/h2-9,16H,10-13H2,1H3. The molecule has 118 valence electrons. The number of benzene rings is 1. The Labute approximate surface area is 135 Å². The molecule has 0 spiro atoms. The molecule has 4 fully saturated rings. The van der Waals surface area contributed by atoms with Crippen LogP contribution in [-0.2, 0) is 10.2 Å². The van der Waals surface area contributed by atoms with Crippen molar-refractivity contribution in [1.29, 1.82) is 0 Å². The molecule has 4 nitrogen and oxygen atoms in total. The first-order valence-electron chi connectivity index (χ1n) is 8.24. The van der Waals surface area contributed by atoms with Gasteiger partial charge in [-0.1, -0.05) is 37.3 Å². The van der Waals surface area contributed by atoms with Gasteiger partial charge in [0.25, 0.3) is 0 Å². The smallest absolute Gasteiger partial charge is 0.154 e. The second-order valence-electron chi connectivity index (χ2n) is 7.54. The summed E-state index contributed by atoms with van der Waals surface area (Å²) in [5.74, 6) is 1.41. The maximum Gasteiger partial charge on any atom is 0.154 e. The number of carbonyl (C=O) groups is 1. The van der Waals surface area contributed by atoms with Gasteiger partial charge in [0.05, 0.1) is 17.1 Å². The third kappa shape index (κ3) is 1.65. The van der Waals surface area contributed by atoms with Gasteiger partial charge in [0.2, 0.25) is 0 Å². The second kappa shape index (κ2) is 4.34. The van der Waals surface area contributed by atoms with Gasteiger partial charge in [0, 0.05) is 26.2 Å². The molecule has 0 aliphatic carbocycles. The van der Waals surface area contributed by atoms with Crippen LogP contribution in [-0.4, -0.2) is 41.8 Å². The Hall–Kier alpha value is -1.91. The highest BCUT2D eigenvalue weighted by molar-refractivity contribution is 5.97.